The zero-order chi connectivity index (χ0) is 27.0. The third-order valence-corrected chi connectivity index (χ3v) is 8.19. The van der Waals surface area contributed by atoms with E-state index in [2.05, 4.69) is 25.7 Å². The van der Waals surface area contributed by atoms with Gasteiger partial charge in [0.05, 0.1) is 13.2 Å². The molecule has 0 radical (unpaired) electrons. The Morgan fingerprint density at radius 1 is 1.03 bits per heavy atom. The lowest BCUT2D eigenvalue weighted by Crippen LogP contribution is -2.40. The van der Waals surface area contributed by atoms with E-state index in [1.807, 2.05) is 31.3 Å². The van der Waals surface area contributed by atoms with Crippen LogP contribution in [0.15, 0.2) is 53.7 Å². The number of nitrogens with one attached hydrogen (secondary N) is 1. The number of tetrazole rings is 1. The Morgan fingerprint density at radius 3 is 2.41 bits per heavy atom. The van der Waals surface area contributed by atoms with Crippen molar-refractivity contribution in [3.63, 3.8) is 0 Å². The lowest BCUT2D eigenvalue weighted by Gasteiger charge is -2.30. The van der Waals surface area contributed by atoms with Crippen LogP contribution in [0.3, 0.4) is 0 Å². The van der Waals surface area contributed by atoms with Crippen LogP contribution in [0.5, 0.6) is 5.75 Å². The number of nitrogens with zero attached hydrogens (tertiary/aromatic N) is 6. The minimum Gasteiger partial charge on any atom is -0.410 e. The number of ether oxygens (including phenoxy) is 2. The average molecular weight is 552 g/mol. The molecule has 2 aliphatic heterocycles. The van der Waals surface area contributed by atoms with Crippen LogP contribution < -0.4 is 10.1 Å². The van der Waals surface area contributed by atoms with E-state index in [9.17, 15) is 9.59 Å². The Kier molecular flexibility index (Phi) is 9.07. The standard InChI is InChI=1S/C27H33N7O4S/c1-32-26(29-30-31-32)39-19-21-10-12-34(13-11-21)27(36)38-24-8-6-23(7-9-24)28-25(35)22-4-2-20(3-5-22)18-33-14-16-37-17-15-33/h2-9,21H,10-19H2,1H3,(H,28,35). The van der Waals surface area contributed by atoms with Crippen molar-refractivity contribution in [3.05, 3.63) is 59.7 Å². The first kappa shape index (κ1) is 27.1. The third kappa shape index (κ3) is 7.55. The van der Waals surface area contributed by atoms with E-state index in [1.165, 1.54) is 5.56 Å². The van der Waals surface area contributed by atoms with Gasteiger partial charge in [0, 0.05) is 56.8 Å². The summed E-state index contributed by atoms with van der Waals surface area (Å²) >= 11 is 1.64. The summed E-state index contributed by atoms with van der Waals surface area (Å²) in [5.74, 6) is 1.68. The molecule has 206 valence electrons. The number of carbonyl (C=O) groups is 2. The predicted molar refractivity (Wildman–Crippen MR) is 147 cm³/mol. The molecule has 2 aromatic carbocycles. The normalized spacial score (nSPS) is 16.7. The number of aryl methyl sites for hydroxylation is 1. The van der Waals surface area contributed by atoms with Crippen molar-refractivity contribution in [3.8, 4) is 5.75 Å². The first-order chi connectivity index (χ1) is 19.0. The highest BCUT2D eigenvalue weighted by Crippen LogP contribution is 2.26. The number of likely N-dealkylation sites (tertiary alicyclic amines) is 1. The number of piperidine rings is 1. The van der Waals surface area contributed by atoms with Gasteiger partial charge in [0.1, 0.15) is 5.75 Å². The van der Waals surface area contributed by atoms with E-state index < -0.39 is 0 Å². The van der Waals surface area contributed by atoms with Gasteiger partial charge in [0.25, 0.3) is 5.91 Å². The molecule has 12 heteroatoms. The lowest BCUT2D eigenvalue weighted by atomic mass is 9.99. The summed E-state index contributed by atoms with van der Waals surface area (Å²) in [6.07, 6.45) is 1.46. The van der Waals surface area contributed by atoms with Crippen LogP contribution in [-0.2, 0) is 18.3 Å². The van der Waals surface area contributed by atoms with Gasteiger partial charge < -0.3 is 19.7 Å². The Labute approximate surface area is 231 Å². The summed E-state index contributed by atoms with van der Waals surface area (Å²) in [6, 6.07) is 14.5. The molecule has 5 rings (SSSR count). The van der Waals surface area contributed by atoms with Crippen LogP contribution in [0.4, 0.5) is 10.5 Å². The largest absolute Gasteiger partial charge is 0.415 e. The first-order valence-corrected chi connectivity index (χ1v) is 14.1. The number of hydrogen-bond donors (Lipinski definition) is 1. The van der Waals surface area contributed by atoms with Crippen LogP contribution in [-0.4, -0.2) is 87.2 Å². The van der Waals surface area contributed by atoms with Gasteiger partial charge in [-0.2, -0.15) is 0 Å². The molecule has 11 nitrogen and oxygen atoms in total. The molecular formula is C27H33N7O4S. The number of hydrogen-bond acceptors (Lipinski definition) is 9. The topological polar surface area (TPSA) is 115 Å². The Morgan fingerprint density at radius 2 is 1.74 bits per heavy atom. The van der Waals surface area contributed by atoms with Gasteiger partial charge in [0.15, 0.2) is 0 Å². The van der Waals surface area contributed by atoms with Crippen molar-refractivity contribution in [1.82, 2.24) is 30.0 Å². The smallest absolute Gasteiger partial charge is 0.410 e. The zero-order valence-corrected chi connectivity index (χ0v) is 22.8. The van der Waals surface area contributed by atoms with Crippen molar-refractivity contribution in [2.45, 2.75) is 24.5 Å². The molecule has 0 spiro atoms. The van der Waals surface area contributed by atoms with Crippen molar-refractivity contribution in [2.75, 3.05) is 50.5 Å². The Balaban J connectivity index is 1.04. The second-order valence-corrected chi connectivity index (χ2v) is 10.7. The number of benzene rings is 2. The molecule has 2 fully saturated rings. The molecule has 0 aliphatic carbocycles. The van der Waals surface area contributed by atoms with Crippen molar-refractivity contribution in [2.24, 2.45) is 13.0 Å². The lowest BCUT2D eigenvalue weighted by molar-refractivity contribution is 0.0342. The van der Waals surface area contributed by atoms with E-state index in [0.717, 1.165) is 56.6 Å². The van der Waals surface area contributed by atoms with Gasteiger partial charge in [-0.1, -0.05) is 23.9 Å². The number of anilines is 1. The summed E-state index contributed by atoms with van der Waals surface area (Å²) in [6.45, 7) is 5.54. The SMILES string of the molecule is Cn1nnnc1SCC1CCN(C(=O)Oc2ccc(NC(=O)c3ccc(CN4CCOCC4)cc3)cc2)CC1. The number of thioether (sulfide) groups is 1. The van der Waals surface area contributed by atoms with Crippen molar-refractivity contribution < 1.29 is 19.1 Å². The molecule has 0 bridgehead atoms. The molecular weight excluding hydrogens is 518 g/mol. The minimum absolute atomic E-state index is 0.186. The molecule has 2 aliphatic rings. The molecule has 1 N–H and O–H groups in total. The van der Waals surface area contributed by atoms with Gasteiger partial charge in [-0.15, -0.1) is 5.10 Å². The number of aromatic nitrogens is 4. The number of amides is 2. The van der Waals surface area contributed by atoms with Crippen molar-refractivity contribution in [1.29, 1.82) is 0 Å². The number of morpholine rings is 1. The molecule has 1 aromatic heterocycles. The maximum absolute atomic E-state index is 12.7. The predicted octanol–water partition coefficient (Wildman–Crippen LogP) is 3.30. The maximum Gasteiger partial charge on any atom is 0.415 e. The summed E-state index contributed by atoms with van der Waals surface area (Å²) in [5, 5.41) is 15.2. The van der Waals surface area contributed by atoms with Crippen LogP contribution in [0.25, 0.3) is 0 Å². The van der Waals surface area contributed by atoms with E-state index in [-0.39, 0.29) is 12.0 Å². The molecule has 0 saturated carbocycles. The summed E-state index contributed by atoms with van der Waals surface area (Å²) < 4.78 is 12.6. The fraction of sp³-hybridized carbons (Fsp3) is 0.444. The van der Waals surface area contributed by atoms with Gasteiger partial charge in [-0.25, -0.2) is 9.48 Å². The molecule has 3 heterocycles. The van der Waals surface area contributed by atoms with E-state index >= 15 is 0 Å². The van der Waals surface area contributed by atoms with Crippen LogP contribution in [0, 0.1) is 5.92 Å². The molecule has 3 aromatic rings. The van der Waals surface area contributed by atoms with Crippen LogP contribution >= 0.6 is 11.8 Å². The summed E-state index contributed by atoms with van der Waals surface area (Å²) in [4.78, 5) is 29.4. The highest BCUT2D eigenvalue weighted by Gasteiger charge is 2.25. The Hall–Kier alpha value is -3.48. The maximum atomic E-state index is 12.7. The summed E-state index contributed by atoms with van der Waals surface area (Å²) in [7, 11) is 1.83. The molecule has 0 unspecified atom stereocenters. The van der Waals surface area contributed by atoms with Gasteiger partial charge in [-0.3, -0.25) is 9.69 Å². The number of carbonyl (C=O) groups excluding carboxylic acids is 2. The Bertz CT molecular complexity index is 1240. The molecule has 39 heavy (non-hydrogen) atoms. The second kappa shape index (κ2) is 13.0. The van der Waals surface area contributed by atoms with E-state index in [0.29, 0.717) is 36.0 Å². The highest BCUT2D eigenvalue weighted by molar-refractivity contribution is 7.99. The monoisotopic (exact) mass is 551 g/mol. The van der Waals surface area contributed by atoms with Crippen molar-refractivity contribution >= 4 is 29.4 Å². The minimum atomic E-state index is -0.354. The van der Waals surface area contributed by atoms with Gasteiger partial charge in [0.2, 0.25) is 5.16 Å². The van der Waals surface area contributed by atoms with E-state index in [4.69, 9.17) is 9.47 Å². The highest BCUT2D eigenvalue weighted by atomic mass is 32.2. The quantitative estimate of drug-likeness (QED) is 0.421. The molecule has 2 saturated heterocycles. The first-order valence-electron chi connectivity index (χ1n) is 13.2. The van der Waals surface area contributed by atoms with E-state index in [1.54, 1.807) is 45.6 Å². The van der Waals surface area contributed by atoms with Crippen LogP contribution in [0.2, 0.25) is 0 Å². The van der Waals surface area contributed by atoms with Gasteiger partial charge >= 0.3 is 6.09 Å². The zero-order valence-electron chi connectivity index (χ0n) is 22.0. The average Bonchev–Trinajstić information content (AvgIpc) is 3.38. The molecule has 0 atom stereocenters. The summed E-state index contributed by atoms with van der Waals surface area (Å²) in [5.41, 5.74) is 2.39. The van der Waals surface area contributed by atoms with Gasteiger partial charge in [-0.05, 0) is 71.1 Å². The fourth-order valence-electron chi connectivity index (χ4n) is 4.57. The molecule has 2 amide bonds. The second-order valence-electron chi connectivity index (χ2n) is 9.76. The number of rotatable bonds is 8. The third-order valence-electron chi connectivity index (χ3n) is 6.95. The fourth-order valence-corrected chi connectivity index (χ4v) is 5.61. The van der Waals surface area contributed by atoms with Crippen LogP contribution in [0.1, 0.15) is 28.8 Å².